The first kappa shape index (κ1) is 25.0. The van der Waals surface area contributed by atoms with Gasteiger partial charge < -0.3 is 19.5 Å². The summed E-state index contributed by atoms with van der Waals surface area (Å²) in [5, 5.41) is 27.2. The molecule has 0 saturated heterocycles. The molecule has 192 valence electrons. The van der Waals surface area contributed by atoms with Gasteiger partial charge in [-0.05, 0) is 42.3 Å². The average molecular weight is 499 g/mol. The van der Waals surface area contributed by atoms with Crippen molar-refractivity contribution in [3.8, 4) is 5.75 Å². The molecule has 0 aliphatic heterocycles. The van der Waals surface area contributed by atoms with Gasteiger partial charge in [-0.15, -0.1) is 0 Å². The Morgan fingerprint density at radius 3 is 2.24 bits per heavy atom. The first-order valence-electron chi connectivity index (χ1n) is 12.9. The Bertz CT molecular complexity index is 1340. The van der Waals surface area contributed by atoms with Crippen LogP contribution in [0.15, 0.2) is 91.3 Å². The maximum Gasteiger partial charge on any atom is 0.119 e. The molecule has 37 heavy (non-hydrogen) atoms. The number of benzene rings is 3. The number of ether oxygens (including phenoxy) is 1. The smallest absolute Gasteiger partial charge is 0.119 e. The van der Waals surface area contributed by atoms with Crippen LogP contribution in [0.1, 0.15) is 12.0 Å². The van der Waals surface area contributed by atoms with Gasteiger partial charge in [0, 0.05) is 60.4 Å². The van der Waals surface area contributed by atoms with Crippen molar-refractivity contribution in [2.24, 2.45) is 0 Å². The van der Waals surface area contributed by atoms with Gasteiger partial charge in [0.25, 0.3) is 0 Å². The van der Waals surface area contributed by atoms with Crippen LogP contribution in [0.2, 0.25) is 0 Å². The van der Waals surface area contributed by atoms with Gasteiger partial charge in [-0.1, -0.05) is 48.5 Å². The molecule has 0 radical (unpaired) electrons. The van der Waals surface area contributed by atoms with E-state index in [2.05, 4.69) is 63.1 Å². The van der Waals surface area contributed by atoms with E-state index in [1.807, 2.05) is 41.2 Å². The topological polar surface area (TPSA) is 75.7 Å². The number of aromatic nitrogens is 3. The number of aliphatic hydroxyl groups excluding tert-OH is 2. The predicted molar refractivity (Wildman–Crippen MR) is 147 cm³/mol. The molecule has 1 atom stereocenters. The van der Waals surface area contributed by atoms with E-state index >= 15 is 0 Å². The first-order valence-corrected chi connectivity index (χ1v) is 12.9. The number of fused-ring (bicyclic) bond motifs is 3. The Labute approximate surface area is 217 Å². The molecule has 0 aliphatic carbocycles. The Balaban J connectivity index is 1.22. The summed E-state index contributed by atoms with van der Waals surface area (Å²) in [5.41, 5.74) is 3.40. The number of rotatable bonds is 13. The summed E-state index contributed by atoms with van der Waals surface area (Å²) in [5.74, 6) is 0.823. The molecule has 7 nitrogen and oxygen atoms in total. The fourth-order valence-electron chi connectivity index (χ4n) is 4.93. The number of hydrogen-bond donors (Lipinski definition) is 2. The molecule has 0 saturated carbocycles. The monoisotopic (exact) mass is 498 g/mol. The van der Waals surface area contributed by atoms with E-state index in [1.165, 1.54) is 10.8 Å². The molecule has 5 aromatic rings. The quantitative estimate of drug-likeness (QED) is 0.253. The van der Waals surface area contributed by atoms with E-state index < -0.39 is 6.10 Å². The molecule has 0 aliphatic rings. The van der Waals surface area contributed by atoms with Crippen LogP contribution in [0.5, 0.6) is 5.75 Å². The van der Waals surface area contributed by atoms with Crippen LogP contribution >= 0.6 is 0 Å². The largest absolute Gasteiger partial charge is 0.492 e. The Morgan fingerprint density at radius 2 is 1.59 bits per heavy atom. The Morgan fingerprint density at radius 1 is 0.892 bits per heavy atom. The van der Waals surface area contributed by atoms with Gasteiger partial charge in [-0.25, -0.2) is 0 Å². The van der Waals surface area contributed by atoms with Crippen molar-refractivity contribution >= 4 is 21.8 Å². The van der Waals surface area contributed by atoms with Gasteiger partial charge in [0.1, 0.15) is 12.4 Å². The SMILES string of the molecule is OCCCN(Cc1ccc(OCCn2cccn2)cc1)C[C@@H](O)Cn1c2ccccc2c2ccccc21. The Hall–Kier alpha value is -3.65. The fraction of sp³-hybridized carbons (Fsp3) is 0.300. The lowest BCUT2D eigenvalue weighted by Crippen LogP contribution is -2.35. The minimum atomic E-state index is -0.553. The van der Waals surface area contributed by atoms with Gasteiger partial charge >= 0.3 is 0 Å². The number of aliphatic hydroxyl groups is 2. The number of para-hydroxylation sites is 2. The summed E-state index contributed by atoms with van der Waals surface area (Å²) in [4.78, 5) is 2.21. The molecule has 0 bridgehead atoms. The number of nitrogens with zero attached hydrogens (tertiary/aromatic N) is 4. The molecule has 2 aromatic heterocycles. The first-order chi connectivity index (χ1) is 18.2. The van der Waals surface area contributed by atoms with Crippen LogP contribution in [-0.4, -0.2) is 61.9 Å². The zero-order valence-corrected chi connectivity index (χ0v) is 21.0. The summed E-state index contributed by atoms with van der Waals surface area (Å²) in [7, 11) is 0. The summed E-state index contributed by atoms with van der Waals surface area (Å²) < 4.78 is 9.91. The molecular weight excluding hydrogens is 464 g/mol. The van der Waals surface area contributed by atoms with Crippen LogP contribution in [-0.2, 0) is 19.6 Å². The van der Waals surface area contributed by atoms with Crippen LogP contribution in [0.3, 0.4) is 0 Å². The van der Waals surface area contributed by atoms with E-state index in [1.54, 1.807) is 6.20 Å². The van der Waals surface area contributed by atoms with Gasteiger partial charge in [-0.3, -0.25) is 9.58 Å². The van der Waals surface area contributed by atoms with Crippen molar-refractivity contribution < 1.29 is 14.9 Å². The van der Waals surface area contributed by atoms with Gasteiger partial charge in [0.15, 0.2) is 0 Å². The zero-order valence-electron chi connectivity index (χ0n) is 21.0. The molecule has 2 N–H and O–H groups in total. The van der Waals surface area contributed by atoms with Gasteiger partial charge in [0.2, 0.25) is 0 Å². The molecule has 5 rings (SSSR count). The minimum absolute atomic E-state index is 0.127. The van der Waals surface area contributed by atoms with E-state index in [0.29, 0.717) is 45.8 Å². The predicted octanol–water partition coefficient (Wildman–Crippen LogP) is 4.32. The highest BCUT2D eigenvalue weighted by molar-refractivity contribution is 6.07. The van der Waals surface area contributed by atoms with Crippen molar-refractivity contribution in [3.05, 3.63) is 96.8 Å². The second-order valence-corrected chi connectivity index (χ2v) is 9.37. The lowest BCUT2D eigenvalue weighted by molar-refractivity contribution is 0.0921. The second kappa shape index (κ2) is 12.1. The standard InChI is InChI=1S/C30H34N4O3/c35-19-6-16-32(21-24-11-13-26(14-12-24)37-20-18-33-17-5-15-31-33)22-25(36)23-34-29-9-3-1-7-27(29)28-8-2-4-10-30(28)34/h1-5,7-15,17,25,35-36H,6,16,18-23H2/t25-/m1/s1. The lowest BCUT2D eigenvalue weighted by atomic mass is 10.2. The van der Waals surface area contributed by atoms with E-state index in [-0.39, 0.29) is 6.61 Å². The van der Waals surface area contributed by atoms with Crippen LogP contribution in [0.25, 0.3) is 21.8 Å². The highest BCUT2D eigenvalue weighted by atomic mass is 16.5. The van der Waals surface area contributed by atoms with Crippen LogP contribution < -0.4 is 4.74 Å². The van der Waals surface area contributed by atoms with Crippen molar-refractivity contribution in [2.75, 3.05) is 26.3 Å². The molecule has 7 heteroatoms. The highest BCUT2D eigenvalue weighted by Gasteiger charge is 2.16. The molecule has 0 spiro atoms. The average Bonchev–Trinajstić information content (AvgIpc) is 3.55. The summed E-state index contributed by atoms with van der Waals surface area (Å²) >= 11 is 0. The summed E-state index contributed by atoms with van der Waals surface area (Å²) in [6.07, 6.45) is 3.79. The van der Waals surface area contributed by atoms with Crippen molar-refractivity contribution in [1.82, 2.24) is 19.2 Å². The molecule has 2 heterocycles. The van der Waals surface area contributed by atoms with Gasteiger partial charge in [0.05, 0.1) is 19.2 Å². The van der Waals surface area contributed by atoms with E-state index in [9.17, 15) is 10.2 Å². The fourth-order valence-corrected chi connectivity index (χ4v) is 4.93. The third kappa shape index (κ3) is 6.20. The van der Waals surface area contributed by atoms with E-state index in [4.69, 9.17) is 4.74 Å². The zero-order chi connectivity index (χ0) is 25.5. The maximum atomic E-state index is 11.2. The van der Waals surface area contributed by atoms with Crippen LogP contribution in [0, 0.1) is 0 Å². The number of hydrogen-bond acceptors (Lipinski definition) is 5. The second-order valence-electron chi connectivity index (χ2n) is 9.37. The third-order valence-corrected chi connectivity index (χ3v) is 6.65. The lowest BCUT2D eigenvalue weighted by Gasteiger charge is -2.26. The molecule has 0 fully saturated rings. The molecule has 3 aromatic carbocycles. The maximum absolute atomic E-state index is 11.2. The third-order valence-electron chi connectivity index (χ3n) is 6.65. The van der Waals surface area contributed by atoms with Crippen molar-refractivity contribution in [2.45, 2.75) is 32.2 Å². The normalized spacial score (nSPS) is 12.5. The summed E-state index contributed by atoms with van der Waals surface area (Å²) in [6, 6.07) is 26.7. The minimum Gasteiger partial charge on any atom is -0.492 e. The van der Waals surface area contributed by atoms with Crippen molar-refractivity contribution in [1.29, 1.82) is 0 Å². The van der Waals surface area contributed by atoms with E-state index in [0.717, 1.165) is 22.3 Å². The highest BCUT2D eigenvalue weighted by Crippen LogP contribution is 2.29. The summed E-state index contributed by atoms with van der Waals surface area (Å²) in [6.45, 7) is 3.81. The van der Waals surface area contributed by atoms with Crippen molar-refractivity contribution in [3.63, 3.8) is 0 Å². The molecular formula is C30H34N4O3. The van der Waals surface area contributed by atoms with Gasteiger partial charge in [-0.2, -0.15) is 5.10 Å². The molecule has 0 amide bonds. The Kier molecular flexibility index (Phi) is 8.15. The van der Waals surface area contributed by atoms with Crippen LogP contribution in [0.4, 0.5) is 0 Å². The molecule has 0 unspecified atom stereocenters.